The number of hydrogen-bond acceptors (Lipinski definition) is 3. The Kier molecular flexibility index (Phi) is 4.19. The molecule has 19 heavy (non-hydrogen) atoms. The van der Waals surface area contributed by atoms with Crippen LogP contribution in [0.2, 0.25) is 0 Å². The van der Waals surface area contributed by atoms with E-state index in [0.717, 1.165) is 25.8 Å². The SMILES string of the molecule is CCCn1cc(C(=O)N2CCCC[C@@H]2C(=O)O)cn1. The normalized spacial score (nSPS) is 19.4. The fraction of sp³-hybridized carbons (Fsp3) is 0.615. The molecule has 1 aromatic heterocycles. The van der Waals surface area contributed by atoms with Gasteiger partial charge in [0.2, 0.25) is 0 Å². The van der Waals surface area contributed by atoms with E-state index in [9.17, 15) is 14.7 Å². The molecule has 6 heteroatoms. The first-order chi connectivity index (χ1) is 9.13. The highest BCUT2D eigenvalue weighted by molar-refractivity contribution is 5.96. The van der Waals surface area contributed by atoms with Gasteiger partial charge in [-0.05, 0) is 25.7 Å². The summed E-state index contributed by atoms with van der Waals surface area (Å²) < 4.78 is 1.72. The van der Waals surface area contributed by atoms with E-state index in [0.29, 0.717) is 18.5 Å². The van der Waals surface area contributed by atoms with Crippen molar-refractivity contribution in [1.29, 1.82) is 0 Å². The summed E-state index contributed by atoms with van der Waals surface area (Å²) in [4.78, 5) is 25.0. The van der Waals surface area contributed by atoms with Gasteiger partial charge in [0.25, 0.3) is 5.91 Å². The molecule has 1 saturated heterocycles. The van der Waals surface area contributed by atoms with Crippen molar-refractivity contribution in [2.75, 3.05) is 6.54 Å². The molecule has 2 heterocycles. The van der Waals surface area contributed by atoms with E-state index in [2.05, 4.69) is 5.10 Å². The molecule has 0 spiro atoms. The quantitative estimate of drug-likeness (QED) is 0.892. The van der Waals surface area contributed by atoms with Crippen molar-refractivity contribution in [2.24, 2.45) is 0 Å². The standard InChI is InChI=1S/C13H19N3O3/c1-2-6-15-9-10(8-14-15)12(17)16-7-4-3-5-11(16)13(18)19/h8-9,11H,2-7H2,1H3,(H,18,19)/t11-/m1/s1. The van der Waals surface area contributed by atoms with Gasteiger partial charge in [0.05, 0.1) is 11.8 Å². The molecule has 1 N–H and O–H groups in total. The summed E-state index contributed by atoms with van der Waals surface area (Å²) in [6.07, 6.45) is 6.40. The molecule has 0 radical (unpaired) electrons. The Bertz CT molecular complexity index is 469. The second-order valence-electron chi connectivity index (χ2n) is 4.84. The van der Waals surface area contributed by atoms with Gasteiger partial charge in [0.15, 0.2) is 0 Å². The first-order valence-electron chi connectivity index (χ1n) is 6.69. The number of rotatable bonds is 4. The van der Waals surface area contributed by atoms with E-state index in [4.69, 9.17) is 0 Å². The number of aliphatic carboxylic acids is 1. The number of likely N-dealkylation sites (tertiary alicyclic amines) is 1. The summed E-state index contributed by atoms with van der Waals surface area (Å²) in [5.41, 5.74) is 0.474. The Morgan fingerprint density at radius 3 is 2.95 bits per heavy atom. The topological polar surface area (TPSA) is 75.4 Å². The summed E-state index contributed by atoms with van der Waals surface area (Å²) in [5.74, 6) is -1.15. The van der Waals surface area contributed by atoms with Crippen molar-refractivity contribution in [3.8, 4) is 0 Å². The average Bonchev–Trinajstić information content (AvgIpc) is 2.87. The van der Waals surface area contributed by atoms with Gasteiger partial charge in [-0.1, -0.05) is 6.92 Å². The molecule has 1 fully saturated rings. The first kappa shape index (κ1) is 13.6. The average molecular weight is 265 g/mol. The molecular weight excluding hydrogens is 246 g/mol. The lowest BCUT2D eigenvalue weighted by atomic mass is 10.0. The number of carbonyl (C=O) groups excluding carboxylic acids is 1. The molecule has 0 unspecified atom stereocenters. The second kappa shape index (κ2) is 5.86. The van der Waals surface area contributed by atoms with E-state index < -0.39 is 12.0 Å². The molecule has 1 atom stereocenters. The van der Waals surface area contributed by atoms with Crippen LogP contribution in [0.25, 0.3) is 0 Å². The summed E-state index contributed by atoms with van der Waals surface area (Å²) in [6.45, 7) is 3.30. The van der Waals surface area contributed by atoms with E-state index in [1.807, 2.05) is 6.92 Å². The third-order valence-corrected chi connectivity index (χ3v) is 3.38. The highest BCUT2D eigenvalue weighted by Gasteiger charge is 2.32. The molecule has 0 aromatic carbocycles. The minimum Gasteiger partial charge on any atom is -0.480 e. The van der Waals surface area contributed by atoms with Gasteiger partial charge in [-0.15, -0.1) is 0 Å². The van der Waals surface area contributed by atoms with Crippen molar-refractivity contribution in [1.82, 2.24) is 14.7 Å². The Balaban J connectivity index is 2.14. The molecule has 1 amide bonds. The fourth-order valence-electron chi connectivity index (χ4n) is 2.42. The molecule has 6 nitrogen and oxygen atoms in total. The number of piperidine rings is 1. The second-order valence-corrected chi connectivity index (χ2v) is 4.84. The zero-order valence-corrected chi connectivity index (χ0v) is 11.1. The van der Waals surface area contributed by atoms with Gasteiger partial charge >= 0.3 is 5.97 Å². The predicted molar refractivity (Wildman–Crippen MR) is 68.8 cm³/mol. The van der Waals surface area contributed by atoms with Crippen LogP contribution in [0.15, 0.2) is 12.4 Å². The summed E-state index contributed by atoms with van der Waals surface area (Å²) in [7, 11) is 0. The largest absolute Gasteiger partial charge is 0.480 e. The number of carbonyl (C=O) groups is 2. The van der Waals surface area contributed by atoms with E-state index in [1.165, 1.54) is 11.1 Å². The molecule has 1 aliphatic rings. The van der Waals surface area contributed by atoms with Crippen LogP contribution in [0.1, 0.15) is 43.0 Å². The van der Waals surface area contributed by atoms with Crippen molar-refractivity contribution >= 4 is 11.9 Å². The minimum atomic E-state index is -0.922. The predicted octanol–water partition coefficient (Wildman–Crippen LogP) is 1.37. The Morgan fingerprint density at radius 1 is 1.47 bits per heavy atom. The molecule has 1 aromatic rings. The van der Waals surface area contributed by atoms with Crippen molar-refractivity contribution in [3.63, 3.8) is 0 Å². The van der Waals surface area contributed by atoms with Crippen LogP contribution in [0.5, 0.6) is 0 Å². The van der Waals surface area contributed by atoms with Gasteiger partial charge in [-0.25, -0.2) is 4.79 Å². The zero-order valence-electron chi connectivity index (χ0n) is 11.1. The molecule has 0 aliphatic carbocycles. The monoisotopic (exact) mass is 265 g/mol. The number of aromatic nitrogens is 2. The minimum absolute atomic E-state index is 0.227. The summed E-state index contributed by atoms with van der Waals surface area (Å²) in [5, 5.41) is 13.3. The molecule has 104 valence electrons. The maximum absolute atomic E-state index is 12.3. The summed E-state index contributed by atoms with van der Waals surface area (Å²) >= 11 is 0. The van der Waals surface area contributed by atoms with Crippen molar-refractivity contribution in [2.45, 2.75) is 45.2 Å². The number of aryl methyl sites for hydroxylation is 1. The lowest BCUT2D eigenvalue weighted by Gasteiger charge is -2.32. The zero-order chi connectivity index (χ0) is 13.8. The number of hydrogen-bond donors (Lipinski definition) is 1. The molecule has 0 saturated carbocycles. The Labute approximate surface area is 112 Å². The molecular formula is C13H19N3O3. The first-order valence-corrected chi connectivity index (χ1v) is 6.69. The van der Waals surface area contributed by atoms with Crippen LogP contribution < -0.4 is 0 Å². The highest BCUT2D eigenvalue weighted by atomic mass is 16.4. The molecule has 0 bridgehead atoms. The maximum Gasteiger partial charge on any atom is 0.326 e. The smallest absolute Gasteiger partial charge is 0.326 e. The third-order valence-electron chi connectivity index (χ3n) is 3.38. The number of carboxylic acids is 1. The summed E-state index contributed by atoms with van der Waals surface area (Å²) in [6, 6.07) is -0.698. The highest BCUT2D eigenvalue weighted by Crippen LogP contribution is 2.19. The lowest BCUT2D eigenvalue weighted by molar-refractivity contribution is -0.143. The maximum atomic E-state index is 12.3. The third kappa shape index (κ3) is 2.94. The van der Waals surface area contributed by atoms with Crippen molar-refractivity contribution in [3.05, 3.63) is 18.0 Å². The van der Waals surface area contributed by atoms with Crippen LogP contribution in [0.3, 0.4) is 0 Å². The van der Waals surface area contributed by atoms with E-state index in [-0.39, 0.29) is 5.91 Å². The lowest BCUT2D eigenvalue weighted by Crippen LogP contribution is -2.47. The Morgan fingerprint density at radius 2 is 2.26 bits per heavy atom. The van der Waals surface area contributed by atoms with Crippen LogP contribution in [-0.2, 0) is 11.3 Å². The van der Waals surface area contributed by atoms with Crippen LogP contribution >= 0.6 is 0 Å². The van der Waals surface area contributed by atoms with Crippen molar-refractivity contribution < 1.29 is 14.7 Å². The van der Waals surface area contributed by atoms with Crippen LogP contribution in [0, 0.1) is 0 Å². The van der Waals surface area contributed by atoms with E-state index >= 15 is 0 Å². The number of amides is 1. The van der Waals surface area contributed by atoms with E-state index in [1.54, 1.807) is 10.9 Å². The van der Waals surface area contributed by atoms with Gasteiger partial charge in [0.1, 0.15) is 6.04 Å². The van der Waals surface area contributed by atoms with Gasteiger partial charge < -0.3 is 10.0 Å². The van der Waals surface area contributed by atoms with Crippen LogP contribution in [0.4, 0.5) is 0 Å². The molecule has 1 aliphatic heterocycles. The number of nitrogens with zero attached hydrogens (tertiary/aromatic N) is 3. The fourth-order valence-corrected chi connectivity index (χ4v) is 2.42. The van der Waals surface area contributed by atoms with Gasteiger partial charge in [0, 0.05) is 19.3 Å². The van der Waals surface area contributed by atoms with Crippen LogP contribution in [-0.4, -0.2) is 44.3 Å². The Hall–Kier alpha value is -1.85. The van der Waals surface area contributed by atoms with Gasteiger partial charge in [-0.2, -0.15) is 5.10 Å². The number of carboxylic acid groups (broad SMARTS) is 1. The molecule has 2 rings (SSSR count). The van der Waals surface area contributed by atoms with Gasteiger partial charge in [-0.3, -0.25) is 9.48 Å².